The van der Waals surface area contributed by atoms with E-state index in [0.717, 1.165) is 51.6 Å². The summed E-state index contributed by atoms with van der Waals surface area (Å²) in [7, 11) is 0. The van der Waals surface area contributed by atoms with E-state index in [9.17, 15) is 0 Å². The van der Waals surface area contributed by atoms with Crippen LogP contribution in [0.15, 0.2) is 34.0 Å². The van der Waals surface area contributed by atoms with Gasteiger partial charge in [0.25, 0.3) is 0 Å². The van der Waals surface area contributed by atoms with Crippen LogP contribution in [0.3, 0.4) is 0 Å². The molecule has 3 rings (SSSR count). The standard InChI is InChI=1S/C18H26N4S2.HI/c1-2-19-18(20-8-5-16-4-3-12-23-16)21-9-11-22-10-6-17-15(14-22)7-13-24-17;/h3-4,7,12-13H,2,5-6,8-11,14H2,1H3,(H2,19,20,21);1H. The molecular weight excluding hydrogens is 463 g/mol. The van der Waals surface area contributed by atoms with Gasteiger partial charge in [-0.2, -0.15) is 0 Å². The molecule has 1 aliphatic heterocycles. The topological polar surface area (TPSA) is 39.7 Å². The molecule has 0 amide bonds. The van der Waals surface area contributed by atoms with Crippen LogP contribution in [0.5, 0.6) is 0 Å². The minimum absolute atomic E-state index is 0. The number of hydrogen-bond donors (Lipinski definition) is 2. The normalized spacial score (nSPS) is 14.7. The Morgan fingerprint density at radius 2 is 2.16 bits per heavy atom. The number of guanidine groups is 1. The summed E-state index contributed by atoms with van der Waals surface area (Å²) in [4.78, 5) is 10.2. The van der Waals surface area contributed by atoms with Crippen LogP contribution in [0.2, 0.25) is 0 Å². The van der Waals surface area contributed by atoms with Crippen LogP contribution in [0, 0.1) is 0 Å². The number of fused-ring (bicyclic) bond motifs is 1. The van der Waals surface area contributed by atoms with E-state index in [4.69, 9.17) is 4.99 Å². The summed E-state index contributed by atoms with van der Waals surface area (Å²) in [6, 6.07) is 6.56. The van der Waals surface area contributed by atoms with E-state index in [1.54, 1.807) is 4.88 Å². The Balaban J connectivity index is 0.00000225. The van der Waals surface area contributed by atoms with Gasteiger partial charge >= 0.3 is 0 Å². The summed E-state index contributed by atoms with van der Waals surface area (Å²) in [6.07, 6.45) is 2.24. The Morgan fingerprint density at radius 3 is 2.96 bits per heavy atom. The van der Waals surface area contributed by atoms with Gasteiger partial charge in [0.1, 0.15) is 0 Å². The lowest BCUT2D eigenvalue weighted by Gasteiger charge is -2.26. The maximum atomic E-state index is 4.73. The highest BCUT2D eigenvalue weighted by Gasteiger charge is 2.16. The second-order valence-electron chi connectivity index (χ2n) is 5.91. The molecule has 2 aromatic heterocycles. The molecule has 0 atom stereocenters. The Kier molecular flexibility index (Phi) is 9.22. The van der Waals surface area contributed by atoms with Gasteiger partial charge in [-0.05, 0) is 48.2 Å². The first kappa shape index (κ1) is 20.7. The van der Waals surface area contributed by atoms with Gasteiger partial charge in [-0.3, -0.25) is 9.89 Å². The number of rotatable bonds is 7. The third-order valence-electron chi connectivity index (χ3n) is 4.16. The van der Waals surface area contributed by atoms with Crippen LogP contribution in [0.1, 0.15) is 22.2 Å². The lowest BCUT2D eigenvalue weighted by molar-refractivity contribution is 0.263. The molecule has 1 aliphatic rings. The maximum Gasteiger partial charge on any atom is 0.191 e. The Hall–Kier alpha value is -0.640. The zero-order valence-corrected chi connectivity index (χ0v) is 18.6. The third-order valence-corrected chi connectivity index (χ3v) is 6.12. The Bertz CT molecular complexity index is 639. The van der Waals surface area contributed by atoms with Crippen molar-refractivity contribution >= 4 is 52.6 Å². The molecule has 4 nitrogen and oxygen atoms in total. The highest BCUT2D eigenvalue weighted by atomic mass is 127. The fraction of sp³-hybridized carbons (Fsp3) is 0.500. The molecule has 25 heavy (non-hydrogen) atoms. The van der Waals surface area contributed by atoms with E-state index in [1.807, 2.05) is 22.7 Å². The first-order chi connectivity index (χ1) is 11.8. The Morgan fingerprint density at radius 1 is 1.24 bits per heavy atom. The summed E-state index contributed by atoms with van der Waals surface area (Å²) in [6.45, 7) is 8.03. The predicted octanol–water partition coefficient (Wildman–Crippen LogP) is 3.58. The van der Waals surface area contributed by atoms with Crippen LogP contribution in [-0.4, -0.2) is 43.6 Å². The molecule has 0 unspecified atom stereocenters. The van der Waals surface area contributed by atoms with Crippen molar-refractivity contribution < 1.29 is 0 Å². The van der Waals surface area contributed by atoms with Crippen molar-refractivity contribution in [2.75, 3.05) is 32.7 Å². The van der Waals surface area contributed by atoms with Gasteiger partial charge in [0.05, 0.1) is 6.54 Å². The van der Waals surface area contributed by atoms with Gasteiger partial charge in [0.2, 0.25) is 0 Å². The molecule has 2 N–H and O–H groups in total. The first-order valence-electron chi connectivity index (χ1n) is 8.67. The van der Waals surface area contributed by atoms with Crippen LogP contribution < -0.4 is 10.6 Å². The summed E-state index contributed by atoms with van der Waals surface area (Å²) in [5.41, 5.74) is 1.51. The lowest BCUT2D eigenvalue weighted by Crippen LogP contribution is -2.39. The van der Waals surface area contributed by atoms with Crippen LogP contribution in [0.25, 0.3) is 0 Å². The van der Waals surface area contributed by atoms with Gasteiger partial charge in [-0.25, -0.2) is 0 Å². The number of aliphatic imine (C=N–C) groups is 1. The van der Waals surface area contributed by atoms with Crippen LogP contribution in [-0.2, 0) is 19.4 Å². The molecule has 0 fully saturated rings. The molecule has 7 heteroatoms. The van der Waals surface area contributed by atoms with E-state index in [2.05, 4.69) is 51.4 Å². The van der Waals surface area contributed by atoms with Gasteiger partial charge in [-0.1, -0.05) is 6.07 Å². The number of thiophene rings is 2. The largest absolute Gasteiger partial charge is 0.357 e. The average molecular weight is 490 g/mol. The molecule has 0 saturated heterocycles. The second kappa shape index (κ2) is 11.2. The summed E-state index contributed by atoms with van der Waals surface area (Å²) in [5.74, 6) is 0.933. The second-order valence-corrected chi connectivity index (χ2v) is 7.94. The van der Waals surface area contributed by atoms with Crippen LogP contribution in [0.4, 0.5) is 0 Å². The van der Waals surface area contributed by atoms with E-state index in [0.29, 0.717) is 0 Å². The number of nitrogens with zero attached hydrogens (tertiary/aromatic N) is 2. The fourth-order valence-corrected chi connectivity index (χ4v) is 4.50. The smallest absolute Gasteiger partial charge is 0.191 e. The van der Waals surface area contributed by atoms with Crippen molar-refractivity contribution in [1.82, 2.24) is 15.5 Å². The van der Waals surface area contributed by atoms with Crippen molar-refractivity contribution in [3.05, 3.63) is 44.3 Å². The van der Waals surface area contributed by atoms with Crippen molar-refractivity contribution in [2.45, 2.75) is 26.3 Å². The van der Waals surface area contributed by atoms with Gasteiger partial charge in [0, 0.05) is 42.5 Å². The van der Waals surface area contributed by atoms with Gasteiger partial charge in [-0.15, -0.1) is 46.7 Å². The average Bonchev–Trinajstić information content (AvgIpc) is 3.25. The molecule has 2 aromatic rings. The van der Waals surface area contributed by atoms with Crippen molar-refractivity contribution in [1.29, 1.82) is 0 Å². The zero-order valence-electron chi connectivity index (χ0n) is 14.7. The SMILES string of the molecule is CCNC(=NCCN1CCc2sccc2C1)NCCc1cccs1.I. The first-order valence-corrected chi connectivity index (χ1v) is 10.4. The number of halogens is 1. The van der Waals surface area contributed by atoms with Gasteiger partial charge < -0.3 is 10.6 Å². The molecule has 138 valence electrons. The highest BCUT2D eigenvalue weighted by Crippen LogP contribution is 2.23. The molecule has 0 aliphatic carbocycles. The summed E-state index contributed by atoms with van der Waals surface area (Å²) in [5, 5.41) is 11.1. The number of nitrogens with one attached hydrogen (secondary N) is 2. The molecule has 0 spiro atoms. The molecule has 3 heterocycles. The molecular formula is C18H27IN4S2. The van der Waals surface area contributed by atoms with Crippen LogP contribution >= 0.6 is 46.7 Å². The quantitative estimate of drug-likeness (QED) is 0.354. The van der Waals surface area contributed by atoms with Gasteiger partial charge in [0.15, 0.2) is 5.96 Å². The molecule has 0 aromatic carbocycles. The minimum Gasteiger partial charge on any atom is -0.357 e. The molecule has 0 bridgehead atoms. The molecule has 0 radical (unpaired) electrons. The predicted molar refractivity (Wildman–Crippen MR) is 121 cm³/mol. The van der Waals surface area contributed by atoms with E-state index in [1.165, 1.54) is 16.9 Å². The Labute approximate surface area is 175 Å². The summed E-state index contributed by atoms with van der Waals surface area (Å²) < 4.78 is 0. The molecule has 0 saturated carbocycles. The lowest BCUT2D eigenvalue weighted by atomic mass is 10.1. The fourth-order valence-electron chi connectivity index (χ4n) is 2.90. The third kappa shape index (κ3) is 6.54. The van der Waals surface area contributed by atoms with E-state index in [-0.39, 0.29) is 24.0 Å². The highest BCUT2D eigenvalue weighted by molar-refractivity contribution is 14.0. The van der Waals surface area contributed by atoms with E-state index >= 15 is 0 Å². The number of hydrogen-bond acceptors (Lipinski definition) is 4. The monoisotopic (exact) mass is 490 g/mol. The summed E-state index contributed by atoms with van der Waals surface area (Å²) >= 11 is 3.71. The van der Waals surface area contributed by atoms with E-state index < -0.39 is 0 Å². The van der Waals surface area contributed by atoms with Crippen molar-refractivity contribution in [2.24, 2.45) is 4.99 Å². The van der Waals surface area contributed by atoms with Crippen molar-refractivity contribution in [3.63, 3.8) is 0 Å². The zero-order chi connectivity index (χ0) is 16.6. The minimum atomic E-state index is 0. The maximum absolute atomic E-state index is 4.73. The van der Waals surface area contributed by atoms with Crippen molar-refractivity contribution in [3.8, 4) is 0 Å².